The minimum Gasteiger partial charge on any atom is -0.493 e. The van der Waals surface area contributed by atoms with E-state index in [9.17, 15) is 9.50 Å². The van der Waals surface area contributed by atoms with Crippen LogP contribution in [0.2, 0.25) is 5.02 Å². The van der Waals surface area contributed by atoms with Gasteiger partial charge in [-0.1, -0.05) is 11.6 Å². The van der Waals surface area contributed by atoms with E-state index in [-0.39, 0.29) is 10.9 Å². The van der Waals surface area contributed by atoms with Crippen LogP contribution in [-0.2, 0) is 0 Å². The monoisotopic (exact) mass is 226 g/mol. The van der Waals surface area contributed by atoms with Crippen molar-refractivity contribution in [2.24, 2.45) is 0 Å². The van der Waals surface area contributed by atoms with Crippen LogP contribution in [0, 0.1) is 12.7 Å². The third kappa shape index (κ3) is 1.80. The lowest BCUT2D eigenvalue weighted by Crippen LogP contribution is -1.96. The predicted octanol–water partition coefficient (Wildman–Crippen LogP) is 2.68. The zero-order chi connectivity index (χ0) is 11.0. The van der Waals surface area contributed by atoms with Gasteiger partial charge in [0.15, 0.2) is 0 Å². The van der Waals surface area contributed by atoms with Crippen molar-refractivity contribution in [1.82, 2.24) is 9.78 Å². The third-order valence-corrected chi connectivity index (χ3v) is 2.25. The van der Waals surface area contributed by atoms with E-state index < -0.39 is 5.82 Å². The van der Waals surface area contributed by atoms with Gasteiger partial charge in [-0.2, -0.15) is 5.10 Å². The van der Waals surface area contributed by atoms with E-state index in [0.717, 1.165) is 0 Å². The van der Waals surface area contributed by atoms with Crippen LogP contribution in [-0.4, -0.2) is 14.9 Å². The van der Waals surface area contributed by atoms with Crippen molar-refractivity contribution in [2.75, 3.05) is 0 Å². The number of halogens is 2. The van der Waals surface area contributed by atoms with Gasteiger partial charge in [0.1, 0.15) is 5.82 Å². The van der Waals surface area contributed by atoms with E-state index in [1.54, 1.807) is 6.92 Å². The highest BCUT2D eigenvalue weighted by atomic mass is 35.5. The van der Waals surface area contributed by atoms with Gasteiger partial charge in [0, 0.05) is 6.07 Å². The van der Waals surface area contributed by atoms with Gasteiger partial charge >= 0.3 is 0 Å². The normalized spacial score (nSPS) is 10.6. The van der Waals surface area contributed by atoms with E-state index in [0.29, 0.717) is 11.4 Å². The Hall–Kier alpha value is -1.55. The van der Waals surface area contributed by atoms with E-state index >= 15 is 0 Å². The first-order valence-corrected chi connectivity index (χ1v) is 4.67. The Labute approximate surface area is 90.7 Å². The highest BCUT2D eigenvalue weighted by Crippen LogP contribution is 2.22. The summed E-state index contributed by atoms with van der Waals surface area (Å²) in [4.78, 5) is 0. The fraction of sp³-hybridized carbons (Fsp3) is 0.100. The molecule has 0 saturated heterocycles. The Morgan fingerprint density at radius 1 is 1.40 bits per heavy atom. The molecule has 1 heterocycles. The van der Waals surface area contributed by atoms with Crippen molar-refractivity contribution >= 4 is 11.6 Å². The van der Waals surface area contributed by atoms with Gasteiger partial charge in [0.05, 0.1) is 16.4 Å². The quantitative estimate of drug-likeness (QED) is 0.812. The molecule has 0 aliphatic heterocycles. The molecule has 1 N–H and O–H groups in total. The number of aryl methyl sites for hydroxylation is 1. The van der Waals surface area contributed by atoms with Crippen molar-refractivity contribution in [3.8, 4) is 11.6 Å². The molecule has 0 radical (unpaired) electrons. The Bertz CT molecular complexity index is 510. The van der Waals surface area contributed by atoms with Gasteiger partial charge in [-0.05, 0) is 25.1 Å². The second kappa shape index (κ2) is 3.55. The van der Waals surface area contributed by atoms with Crippen LogP contribution in [0.5, 0.6) is 5.88 Å². The third-order valence-electron chi connectivity index (χ3n) is 1.96. The van der Waals surface area contributed by atoms with Crippen LogP contribution < -0.4 is 0 Å². The average molecular weight is 227 g/mol. The molecular formula is C10H8ClFN2O. The van der Waals surface area contributed by atoms with Crippen molar-refractivity contribution in [2.45, 2.75) is 6.92 Å². The second-order valence-electron chi connectivity index (χ2n) is 3.15. The summed E-state index contributed by atoms with van der Waals surface area (Å²) in [6.45, 7) is 1.75. The molecule has 2 rings (SSSR count). The van der Waals surface area contributed by atoms with E-state index in [1.165, 1.54) is 28.9 Å². The highest BCUT2D eigenvalue weighted by molar-refractivity contribution is 6.30. The molecule has 0 aliphatic carbocycles. The van der Waals surface area contributed by atoms with E-state index in [1.807, 2.05) is 0 Å². The van der Waals surface area contributed by atoms with Gasteiger partial charge in [0.2, 0.25) is 5.88 Å². The summed E-state index contributed by atoms with van der Waals surface area (Å²) >= 11 is 5.63. The zero-order valence-corrected chi connectivity index (χ0v) is 8.66. The van der Waals surface area contributed by atoms with Gasteiger partial charge in [-0.25, -0.2) is 9.07 Å². The molecule has 0 saturated carbocycles. The van der Waals surface area contributed by atoms with Crippen LogP contribution >= 0.6 is 11.6 Å². The lowest BCUT2D eigenvalue weighted by molar-refractivity contribution is 0.433. The molecule has 0 aliphatic rings. The zero-order valence-electron chi connectivity index (χ0n) is 7.91. The molecule has 0 spiro atoms. The summed E-state index contributed by atoms with van der Waals surface area (Å²) in [7, 11) is 0. The van der Waals surface area contributed by atoms with Crippen LogP contribution in [0.15, 0.2) is 24.3 Å². The first-order valence-electron chi connectivity index (χ1n) is 4.29. The van der Waals surface area contributed by atoms with Gasteiger partial charge in [-0.3, -0.25) is 0 Å². The number of aromatic nitrogens is 2. The van der Waals surface area contributed by atoms with Crippen LogP contribution in [0.4, 0.5) is 4.39 Å². The summed E-state index contributed by atoms with van der Waals surface area (Å²) < 4.78 is 14.2. The summed E-state index contributed by atoms with van der Waals surface area (Å²) in [6.07, 6.45) is 0. The SMILES string of the molecule is Cc1cc(O)n(-c2ccc(F)c(Cl)c2)n1. The fourth-order valence-electron chi connectivity index (χ4n) is 1.29. The molecule has 1 aromatic carbocycles. The van der Waals surface area contributed by atoms with E-state index in [2.05, 4.69) is 5.10 Å². The lowest BCUT2D eigenvalue weighted by Gasteiger charge is -2.03. The molecule has 2 aromatic rings. The minimum atomic E-state index is -0.496. The molecule has 0 unspecified atom stereocenters. The van der Waals surface area contributed by atoms with E-state index in [4.69, 9.17) is 11.6 Å². The molecule has 15 heavy (non-hydrogen) atoms. The molecule has 0 atom stereocenters. The summed E-state index contributed by atoms with van der Waals surface area (Å²) in [5.74, 6) is -0.501. The highest BCUT2D eigenvalue weighted by Gasteiger charge is 2.08. The summed E-state index contributed by atoms with van der Waals surface area (Å²) in [5, 5.41) is 13.5. The van der Waals surface area contributed by atoms with Crippen molar-refractivity contribution < 1.29 is 9.50 Å². The smallest absolute Gasteiger partial charge is 0.214 e. The second-order valence-corrected chi connectivity index (χ2v) is 3.56. The van der Waals surface area contributed by atoms with Gasteiger partial charge in [-0.15, -0.1) is 0 Å². The van der Waals surface area contributed by atoms with Crippen molar-refractivity contribution in [1.29, 1.82) is 0 Å². The molecule has 78 valence electrons. The topological polar surface area (TPSA) is 38.0 Å². The maximum Gasteiger partial charge on any atom is 0.214 e. The Balaban J connectivity index is 2.54. The molecular weight excluding hydrogens is 219 g/mol. The predicted molar refractivity (Wildman–Crippen MR) is 54.9 cm³/mol. The van der Waals surface area contributed by atoms with Crippen LogP contribution in [0.25, 0.3) is 5.69 Å². The number of hydrogen-bond donors (Lipinski definition) is 1. The summed E-state index contributed by atoms with van der Waals surface area (Å²) in [6, 6.07) is 5.64. The molecule has 0 fully saturated rings. The molecule has 0 bridgehead atoms. The molecule has 5 heteroatoms. The maximum absolute atomic E-state index is 12.9. The number of rotatable bonds is 1. The fourth-order valence-corrected chi connectivity index (χ4v) is 1.47. The number of nitrogens with zero attached hydrogens (tertiary/aromatic N) is 2. The largest absolute Gasteiger partial charge is 0.493 e. The van der Waals surface area contributed by atoms with Crippen molar-refractivity contribution in [3.05, 3.63) is 40.8 Å². The Morgan fingerprint density at radius 2 is 2.13 bits per heavy atom. The molecule has 3 nitrogen and oxygen atoms in total. The first-order chi connectivity index (χ1) is 7.08. The Morgan fingerprint density at radius 3 is 2.67 bits per heavy atom. The van der Waals surface area contributed by atoms with Crippen LogP contribution in [0.3, 0.4) is 0 Å². The maximum atomic E-state index is 12.9. The summed E-state index contributed by atoms with van der Waals surface area (Å²) in [5.41, 5.74) is 1.19. The number of aromatic hydroxyl groups is 1. The van der Waals surface area contributed by atoms with Crippen LogP contribution in [0.1, 0.15) is 5.69 Å². The number of benzene rings is 1. The lowest BCUT2D eigenvalue weighted by atomic mass is 10.3. The van der Waals surface area contributed by atoms with Gasteiger partial charge in [0.25, 0.3) is 0 Å². The Kier molecular flexibility index (Phi) is 2.36. The number of hydrogen-bond acceptors (Lipinski definition) is 2. The molecule has 0 amide bonds. The first kappa shape index (κ1) is 9.98. The average Bonchev–Trinajstić information content (AvgIpc) is 2.50. The standard InChI is InChI=1S/C10H8ClFN2O/c1-6-4-10(15)14(13-6)7-2-3-9(12)8(11)5-7/h2-5,15H,1H3. The van der Waals surface area contributed by atoms with Crippen molar-refractivity contribution in [3.63, 3.8) is 0 Å². The van der Waals surface area contributed by atoms with Gasteiger partial charge < -0.3 is 5.11 Å². The minimum absolute atomic E-state index is 0.0000491. The molecule has 1 aromatic heterocycles.